The topological polar surface area (TPSA) is 89.3 Å². The SMILES string of the molecule is NC(=Nc1ccc(F)c(Cl)c1)c1nonc1CNCc1ccccc1. The fourth-order valence-electron chi connectivity index (χ4n) is 2.18. The van der Waals surface area contributed by atoms with Crippen molar-refractivity contribution in [2.75, 3.05) is 0 Å². The van der Waals surface area contributed by atoms with E-state index in [2.05, 4.69) is 20.6 Å². The third-order valence-corrected chi connectivity index (χ3v) is 3.71. The first kappa shape index (κ1) is 17.1. The second-order valence-electron chi connectivity index (χ2n) is 5.24. The van der Waals surface area contributed by atoms with Gasteiger partial charge in [0.05, 0.1) is 10.7 Å². The van der Waals surface area contributed by atoms with Gasteiger partial charge in [0.2, 0.25) is 0 Å². The molecule has 0 atom stereocenters. The molecule has 2 aromatic carbocycles. The molecular weight excluding hydrogens is 345 g/mol. The molecule has 0 saturated carbocycles. The lowest BCUT2D eigenvalue weighted by atomic mass is 10.2. The number of hydrogen-bond donors (Lipinski definition) is 2. The van der Waals surface area contributed by atoms with Crippen LogP contribution in [0.5, 0.6) is 0 Å². The summed E-state index contributed by atoms with van der Waals surface area (Å²) in [5.74, 6) is -0.409. The largest absolute Gasteiger partial charge is 0.382 e. The third kappa shape index (κ3) is 4.40. The van der Waals surface area contributed by atoms with Crippen LogP contribution in [0.15, 0.2) is 58.2 Å². The number of amidine groups is 1. The second-order valence-corrected chi connectivity index (χ2v) is 5.65. The van der Waals surface area contributed by atoms with Crippen molar-refractivity contribution in [3.05, 3.63) is 76.3 Å². The Morgan fingerprint density at radius 1 is 1.16 bits per heavy atom. The van der Waals surface area contributed by atoms with E-state index in [1.165, 1.54) is 18.2 Å². The normalized spacial score (nSPS) is 11.7. The lowest BCUT2D eigenvalue weighted by Crippen LogP contribution is -2.19. The Hall–Kier alpha value is -2.77. The zero-order valence-corrected chi connectivity index (χ0v) is 13.9. The molecule has 0 aliphatic carbocycles. The number of benzene rings is 2. The first-order valence-electron chi connectivity index (χ1n) is 7.49. The van der Waals surface area contributed by atoms with Gasteiger partial charge in [0.25, 0.3) is 0 Å². The number of aromatic nitrogens is 2. The van der Waals surface area contributed by atoms with Gasteiger partial charge < -0.3 is 11.1 Å². The molecule has 0 amide bonds. The monoisotopic (exact) mass is 359 g/mol. The zero-order valence-electron chi connectivity index (χ0n) is 13.1. The number of hydrogen-bond acceptors (Lipinski definition) is 5. The minimum Gasteiger partial charge on any atom is -0.382 e. The Morgan fingerprint density at radius 3 is 2.72 bits per heavy atom. The van der Waals surface area contributed by atoms with E-state index in [-0.39, 0.29) is 10.9 Å². The van der Waals surface area contributed by atoms with E-state index < -0.39 is 5.82 Å². The molecule has 0 saturated heterocycles. The molecular formula is C17H15ClFN5O. The van der Waals surface area contributed by atoms with Gasteiger partial charge in [-0.15, -0.1) is 0 Å². The number of nitrogens with one attached hydrogen (secondary N) is 1. The standard InChI is InChI=1S/C17H15ClFN5O/c18-13-8-12(6-7-14(13)19)22-17(20)16-15(23-25-24-16)10-21-9-11-4-2-1-3-5-11/h1-8,21H,9-10H2,(H2,20,22). The average Bonchev–Trinajstić information content (AvgIpc) is 3.08. The summed E-state index contributed by atoms with van der Waals surface area (Å²) in [5, 5.41) is 10.8. The lowest BCUT2D eigenvalue weighted by Gasteiger charge is -2.04. The van der Waals surface area contributed by atoms with Crippen LogP contribution in [0.3, 0.4) is 0 Å². The number of aliphatic imine (C=N–C) groups is 1. The Kier molecular flexibility index (Phi) is 5.37. The van der Waals surface area contributed by atoms with E-state index in [4.69, 9.17) is 22.0 Å². The van der Waals surface area contributed by atoms with Crippen molar-refractivity contribution in [3.8, 4) is 0 Å². The highest BCUT2D eigenvalue weighted by Crippen LogP contribution is 2.22. The Balaban J connectivity index is 1.69. The van der Waals surface area contributed by atoms with E-state index in [1.54, 1.807) is 0 Å². The Labute approximate surface area is 148 Å². The maximum atomic E-state index is 13.2. The highest BCUT2D eigenvalue weighted by molar-refractivity contribution is 6.31. The molecule has 25 heavy (non-hydrogen) atoms. The first-order chi connectivity index (χ1) is 12.1. The molecule has 8 heteroatoms. The molecule has 0 aliphatic rings. The Morgan fingerprint density at radius 2 is 1.96 bits per heavy atom. The quantitative estimate of drug-likeness (QED) is 0.521. The molecule has 0 aliphatic heterocycles. The van der Waals surface area contributed by atoms with Crippen LogP contribution in [0, 0.1) is 5.82 Å². The number of rotatable bonds is 6. The lowest BCUT2D eigenvalue weighted by molar-refractivity contribution is 0.301. The summed E-state index contributed by atoms with van der Waals surface area (Å²) in [6.07, 6.45) is 0. The summed E-state index contributed by atoms with van der Waals surface area (Å²) in [6.45, 7) is 1.08. The first-order valence-corrected chi connectivity index (χ1v) is 7.87. The molecule has 3 rings (SSSR count). The fraction of sp³-hybridized carbons (Fsp3) is 0.118. The maximum absolute atomic E-state index is 13.2. The van der Waals surface area contributed by atoms with Gasteiger partial charge in [-0.25, -0.2) is 14.0 Å². The zero-order chi connectivity index (χ0) is 17.6. The highest BCUT2D eigenvalue weighted by Gasteiger charge is 2.14. The molecule has 0 unspecified atom stereocenters. The fourth-order valence-corrected chi connectivity index (χ4v) is 2.36. The molecule has 3 aromatic rings. The van der Waals surface area contributed by atoms with Gasteiger partial charge in [0, 0.05) is 13.1 Å². The minimum atomic E-state index is -0.520. The van der Waals surface area contributed by atoms with Crippen molar-refractivity contribution >= 4 is 23.1 Å². The van der Waals surface area contributed by atoms with E-state index in [1.807, 2.05) is 30.3 Å². The molecule has 3 N–H and O–H groups in total. The predicted octanol–water partition coefficient (Wildman–Crippen LogP) is 3.19. The smallest absolute Gasteiger partial charge is 0.174 e. The second kappa shape index (κ2) is 7.87. The van der Waals surface area contributed by atoms with Crippen LogP contribution in [0.4, 0.5) is 10.1 Å². The van der Waals surface area contributed by atoms with Crippen molar-refractivity contribution in [1.82, 2.24) is 15.6 Å². The average molecular weight is 360 g/mol. The minimum absolute atomic E-state index is 0.0305. The van der Waals surface area contributed by atoms with Gasteiger partial charge >= 0.3 is 0 Å². The van der Waals surface area contributed by atoms with E-state index in [0.717, 1.165) is 5.56 Å². The van der Waals surface area contributed by atoms with Crippen LogP contribution in [-0.2, 0) is 13.1 Å². The van der Waals surface area contributed by atoms with Crippen LogP contribution < -0.4 is 11.1 Å². The molecule has 1 heterocycles. The molecule has 0 spiro atoms. The molecule has 0 fully saturated rings. The third-order valence-electron chi connectivity index (χ3n) is 3.42. The van der Waals surface area contributed by atoms with Gasteiger partial charge in [-0.05, 0) is 28.9 Å². The van der Waals surface area contributed by atoms with E-state index in [9.17, 15) is 4.39 Å². The predicted molar refractivity (Wildman–Crippen MR) is 93.1 cm³/mol. The molecule has 128 valence electrons. The van der Waals surface area contributed by atoms with Gasteiger partial charge in [0.1, 0.15) is 11.5 Å². The van der Waals surface area contributed by atoms with Crippen molar-refractivity contribution < 1.29 is 9.02 Å². The van der Waals surface area contributed by atoms with Crippen molar-refractivity contribution in [2.24, 2.45) is 10.7 Å². The number of nitrogens with zero attached hydrogens (tertiary/aromatic N) is 3. The Bertz CT molecular complexity index is 882. The summed E-state index contributed by atoms with van der Waals surface area (Å²) in [6, 6.07) is 14.0. The maximum Gasteiger partial charge on any atom is 0.174 e. The molecule has 0 radical (unpaired) electrons. The van der Waals surface area contributed by atoms with E-state index in [0.29, 0.717) is 30.2 Å². The van der Waals surface area contributed by atoms with Gasteiger partial charge in [-0.1, -0.05) is 47.1 Å². The van der Waals surface area contributed by atoms with Crippen molar-refractivity contribution in [2.45, 2.75) is 13.1 Å². The summed E-state index contributed by atoms with van der Waals surface area (Å²) in [5.41, 5.74) is 8.39. The van der Waals surface area contributed by atoms with Crippen LogP contribution in [0.2, 0.25) is 5.02 Å². The summed E-state index contributed by atoms with van der Waals surface area (Å²) in [7, 11) is 0. The van der Waals surface area contributed by atoms with Crippen molar-refractivity contribution in [3.63, 3.8) is 0 Å². The van der Waals surface area contributed by atoms with Crippen LogP contribution in [0.1, 0.15) is 17.0 Å². The summed E-state index contributed by atoms with van der Waals surface area (Å²) >= 11 is 5.74. The van der Waals surface area contributed by atoms with Gasteiger partial charge in [-0.2, -0.15) is 0 Å². The highest BCUT2D eigenvalue weighted by atomic mass is 35.5. The van der Waals surface area contributed by atoms with E-state index >= 15 is 0 Å². The van der Waals surface area contributed by atoms with Gasteiger partial charge in [0.15, 0.2) is 11.5 Å². The number of halogens is 2. The number of nitrogens with two attached hydrogens (primary N) is 1. The summed E-state index contributed by atoms with van der Waals surface area (Å²) in [4.78, 5) is 4.18. The van der Waals surface area contributed by atoms with Crippen LogP contribution in [-0.4, -0.2) is 16.1 Å². The molecule has 1 aromatic heterocycles. The summed E-state index contributed by atoms with van der Waals surface area (Å²) < 4.78 is 18.0. The molecule has 0 bridgehead atoms. The van der Waals surface area contributed by atoms with Crippen LogP contribution >= 0.6 is 11.6 Å². The van der Waals surface area contributed by atoms with Gasteiger partial charge in [-0.3, -0.25) is 0 Å². The van der Waals surface area contributed by atoms with Crippen molar-refractivity contribution in [1.29, 1.82) is 0 Å². The van der Waals surface area contributed by atoms with Crippen LogP contribution in [0.25, 0.3) is 0 Å². The molecule has 6 nitrogen and oxygen atoms in total.